The number of rotatable bonds is 7. The Morgan fingerprint density at radius 2 is 1.43 bits per heavy atom. The van der Waals surface area contributed by atoms with Crippen LogP contribution in [0.4, 0.5) is 5.69 Å². The molecule has 1 atom stereocenters. The number of carbonyl (C=O) groups excluding carboxylic acids is 3. The zero-order valence-electron chi connectivity index (χ0n) is 16.1. The fraction of sp³-hybridized carbons (Fsp3) is 0.286. The van der Waals surface area contributed by atoms with Gasteiger partial charge in [-0.3, -0.25) is 14.4 Å². The molecule has 0 aliphatic carbocycles. The molecule has 148 valence electrons. The van der Waals surface area contributed by atoms with E-state index in [9.17, 15) is 14.4 Å². The molecule has 7 heteroatoms. The Bertz CT molecular complexity index is 833. The largest absolute Gasteiger partial charge is 0.355 e. The summed E-state index contributed by atoms with van der Waals surface area (Å²) in [5.74, 6) is -0.654. The monoisotopic (exact) mass is 401 g/mol. The Kier molecular flexibility index (Phi) is 7.58. The SMILES string of the molecule is CNC(=O)c1ccc(NC(=O)C(CC(C)C)NC(=O)c2ccc(Cl)cc2)cc1. The van der Waals surface area contributed by atoms with Gasteiger partial charge in [-0.1, -0.05) is 25.4 Å². The number of halogens is 1. The van der Waals surface area contributed by atoms with Gasteiger partial charge in [-0.05, 0) is 60.9 Å². The third kappa shape index (κ3) is 6.09. The summed E-state index contributed by atoms with van der Waals surface area (Å²) in [6.07, 6.45) is 0.488. The van der Waals surface area contributed by atoms with Crippen molar-refractivity contribution in [2.45, 2.75) is 26.3 Å². The van der Waals surface area contributed by atoms with Crippen LogP contribution in [-0.2, 0) is 4.79 Å². The molecule has 2 aromatic carbocycles. The summed E-state index contributed by atoms with van der Waals surface area (Å²) in [4.78, 5) is 36.8. The number of benzene rings is 2. The zero-order chi connectivity index (χ0) is 20.7. The summed E-state index contributed by atoms with van der Waals surface area (Å²) in [7, 11) is 1.55. The summed E-state index contributed by atoms with van der Waals surface area (Å²) in [5, 5.41) is 8.65. The van der Waals surface area contributed by atoms with Crippen LogP contribution in [0.15, 0.2) is 48.5 Å². The molecule has 0 fully saturated rings. The molecule has 1 unspecified atom stereocenters. The molecule has 2 rings (SSSR count). The Morgan fingerprint density at radius 1 is 0.893 bits per heavy atom. The van der Waals surface area contributed by atoms with Gasteiger partial charge in [0.1, 0.15) is 6.04 Å². The first-order valence-corrected chi connectivity index (χ1v) is 9.37. The van der Waals surface area contributed by atoms with Crippen molar-refractivity contribution in [1.29, 1.82) is 0 Å². The Labute approximate surface area is 169 Å². The topological polar surface area (TPSA) is 87.3 Å². The van der Waals surface area contributed by atoms with Gasteiger partial charge in [-0.25, -0.2) is 0 Å². The molecule has 0 aliphatic heterocycles. The number of anilines is 1. The molecule has 0 aromatic heterocycles. The summed E-state index contributed by atoms with van der Waals surface area (Å²) in [5.41, 5.74) is 1.48. The molecule has 0 heterocycles. The molecule has 0 radical (unpaired) electrons. The normalized spacial score (nSPS) is 11.6. The van der Waals surface area contributed by atoms with Crippen molar-refractivity contribution in [2.75, 3.05) is 12.4 Å². The lowest BCUT2D eigenvalue weighted by Gasteiger charge is -2.20. The minimum atomic E-state index is -0.693. The highest BCUT2D eigenvalue weighted by atomic mass is 35.5. The Balaban J connectivity index is 2.08. The van der Waals surface area contributed by atoms with Crippen LogP contribution in [0.1, 0.15) is 41.0 Å². The van der Waals surface area contributed by atoms with Gasteiger partial charge in [0, 0.05) is 28.9 Å². The number of amides is 3. The van der Waals surface area contributed by atoms with Gasteiger partial charge in [0.25, 0.3) is 11.8 Å². The standard InChI is InChI=1S/C21H24ClN3O3/c1-13(2)12-18(25-20(27)15-4-8-16(22)9-5-15)21(28)24-17-10-6-14(7-11-17)19(26)23-3/h4-11,13,18H,12H2,1-3H3,(H,23,26)(H,24,28)(H,25,27). The molecule has 0 spiro atoms. The second kappa shape index (κ2) is 9.90. The first kappa shape index (κ1) is 21.4. The number of hydrogen-bond acceptors (Lipinski definition) is 3. The first-order chi connectivity index (χ1) is 13.3. The van der Waals surface area contributed by atoms with E-state index in [0.717, 1.165) is 0 Å². The highest BCUT2D eigenvalue weighted by Crippen LogP contribution is 2.14. The quantitative estimate of drug-likeness (QED) is 0.663. The van der Waals surface area contributed by atoms with E-state index in [1.165, 1.54) is 0 Å². The maximum absolute atomic E-state index is 12.7. The van der Waals surface area contributed by atoms with Crippen molar-refractivity contribution in [2.24, 2.45) is 5.92 Å². The van der Waals surface area contributed by atoms with E-state index in [1.54, 1.807) is 55.6 Å². The van der Waals surface area contributed by atoms with E-state index in [2.05, 4.69) is 16.0 Å². The van der Waals surface area contributed by atoms with Crippen LogP contribution in [-0.4, -0.2) is 30.8 Å². The van der Waals surface area contributed by atoms with E-state index in [0.29, 0.717) is 28.3 Å². The second-order valence-electron chi connectivity index (χ2n) is 6.81. The molecule has 6 nitrogen and oxygen atoms in total. The Morgan fingerprint density at radius 3 is 1.96 bits per heavy atom. The number of carbonyl (C=O) groups is 3. The summed E-state index contributed by atoms with van der Waals surface area (Å²) in [6.45, 7) is 3.96. The fourth-order valence-electron chi connectivity index (χ4n) is 2.62. The van der Waals surface area contributed by atoms with Crippen molar-refractivity contribution < 1.29 is 14.4 Å². The molecular formula is C21H24ClN3O3. The van der Waals surface area contributed by atoms with E-state index in [-0.39, 0.29) is 23.6 Å². The smallest absolute Gasteiger partial charge is 0.251 e. The van der Waals surface area contributed by atoms with Crippen molar-refractivity contribution in [3.05, 3.63) is 64.7 Å². The number of nitrogens with one attached hydrogen (secondary N) is 3. The lowest BCUT2D eigenvalue weighted by Crippen LogP contribution is -2.44. The average molecular weight is 402 g/mol. The van der Waals surface area contributed by atoms with Gasteiger partial charge in [-0.15, -0.1) is 0 Å². The molecular weight excluding hydrogens is 378 g/mol. The van der Waals surface area contributed by atoms with Crippen molar-refractivity contribution in [3.8, 4) is 0 Å². The van der Waals surface area contributed by atoms with Crippen molar-refractivity contribution in [1.82, 2.24) is 10.6 Å². The lowest BCUT2D eigenvalue weighted by atomic mass is 10.0. The molecule has 0 aliphatic rings. The van der Waals surface area contributed by atoms with E-state index < -0.39 is 6.04 Å². The first-order valence-electron chi connectivity index (χ1n) is 8.99. The van der Waals surface area contributed by atoms with E-state index in [4.69, 9.17) is 11.6 Å². The van der Waals surface area contributed by atoms with E-state index in [1.807, 2.05) is 13.8 Å². The fourth-order valence-corrected chi connectivity index (χ4v) is 2.75. The van der Waals surface area contributed by atoms with E-state index >= 15 is 0 Å². The van der Waals surface area contributed by atoms with Crippen LogP contribution < -0.4 is 16.0 Å². The van der Waals surface area contributed by atoms with Gasteiger partial charge in [-0.2, -0.15) is 0 Å². The van der Waals surface area contributed by atoms with Gasteiger partial charge < -0.3 is 16.0 Å². The lowest BCUT2D eigenvalue weighted by molar-refractivity contribution is -0.118. The van der Waals surface area contributed by atoms with Gasteiger partial charge in [0.05, 0.1) is 0 Å². The predicted molar refractivity (Wildman–Crippen MR) is 111 cm³/mol. The molecule has 3 amide bonds. The molecule has 2 aromatic rings. The van der Waals surface area contributed by atoms with Crippen molar-refractivity contribution in [3.63, 3.8) is 0 Å². The summed E-state index contributed by atoms with van der Waals surface area (Å²) < 4.78 is 0. The number of hydrogen-bond donors (Lipinski definition) is 3. The predicted octanol–water partition coefficient (Wildman–Crippen LogP) is 3.48. The van der Waals surface area contributed by atoms with Crippen LogP contribution in [0.5, 0.6) is 0 Å². The van der Waals surface area contributed by atoms with Crippen LogP contribution in [0.3, 0.4) is 0 Å². The molecule has 3 N–H and O–H groups in total. The van der Waals surface area contributed by atoms with Crippen LogP contribution in [0.2, 0.25) is 5.02 Å². The maximum Gasteiger partial charge on any atom is 0.251 e. The van der Waals surface area contributed by atoms with Crippen LogP contribution >= 0.6 is 11.6 Å². The average Bonchev–Trinajstić information content (AvgIpc) is 2.67. The highest BCUT2D eigenvalue weighted by molar-refractivity contribution is 6.30. The zero-order valence-corrected chi connectivity index (χ0v) is 16.8. The van der Waals surface area contributed by atoms with Crippen LogP contribution in [0, 0.1) is 5.92 Å². The molecule has 0 saturated heterocycles. The molecule has 0 bridgehead atoms. The van der Waals surface area contributed by atoms with Gasteiger partial charge in [0.15, 0.2) is 0 Å². The Hall–Kier alpha value is -2.86. The maximum atomic E-state index is 12.7. The van der Waals surface area contributed by atoms with Gasteiger partial charge >= 0.3 is 0 Å². The summed E-state index contributed by atoms with van der Waals surface area (Å²) in [6, 6.07) is 12.3. The molecule has 0 saturated carbocycles. The molecule has 28 heavy (non-hydrogen) atoms. The minimum Gasteiger partial charge on any atom is -0.355 e. The second-order valence-corrected chi connectivity index (χ2v) is 7.24. The minimum absolute atomic E-state index is 0.203. The van der Waals surface area contributed by atoms with Crippen LogP contribution in [0.25, 0.3) is 0 Å². The highest BCUT2D eigenvalue weighted by Gasteiger charge is 2.22. The third-order valence-electron chi connectivity index (χ3n) is 4.08. The summed E-state index contributed by atoms with van der Waals surface area (Å²) >= 11 is 5.85. The third-order valence-corrected chi connectivity index (χ3v) is 4.33. The van der Waals surface area contributed by atoms with Gasteiger partial charge in [0.2, 0.25) is 5.91 Å². The van der Waals surface area contributed by atoms with Crippen molar-refractivity contribution >= 4 is 35.0 Å².